The first kappa shape index (κ1) is 14.9. The fourth-order valence-electron chi connectivity index (χ4n) is 5.26. The summed E-state index contributed by atoms with van der Waals surface area (Å²) in [4.78, 5) is 24.5. The number of benzene rings is 1. The molecule has 0 aliphatic heterocycles. The van der Waals surface area contributed by atoms with Crippen molar-refractivity contribution < 1.29 is 18.7 Å². The number of esters is 1. The first-order chi connectivity index (χ1) is 11.1. The van der Waals surface area contributed by atoms with Gasteiger partial charge in [0.2, 0.25) is 0 Å². The zero-order valence-electron chi connectivity index (χ0n) is 13.0. The number of ketones is 1. The standard InChI is InChI=1S/C19H21FO3/c20-16-3-1-13(2-4-16)17(21)10-23-19(22)18-14-6-11-5-12(8-14)9-15(18)7-11/h1-4,11-12,14-15,18H,5-10H2. The first-order valence-corrected chi connectivity index (χ1v) is 8.55. The highest BCUT2D eigenvalue weighted by atomic mass is 19.1. The lowest BCUT2D eigenvalue weighted by Gasteiger charge is -2.53. The largest absolute Gasteiger partial charge is 0.457 e. The van der Waals surface area contributed by atoms with E-state index >= 15 is 0 Å². The summed E-state index contributed by atoms with van der Waals surface area (Å²) in [5, 5.41) is 0. The van der Waals surface area contributed by atoms with Gasteiger partial charge in [-0.1, -0.05) is 0 Å². The second-order valence-electron chi connectivity index (χ2n) is 7.49. The van der Waals surface area contributed by atoms with Crippen LogP contribution in [0, 0.1) is 35.4 Å². The Hall–Kier alpha value is -1.71. The van der Waals surface area contributed by atoms with Gasteiger partial charge in [0.25, 0.3) is 0 Å². The summed E-state index contributed by atoms with van der Waals surface area (Å²) < 4.78 is 18.2. The summed E-state index contributed by atoms with van der Waals surface area (Å²) in [6.45, 7) is -0.243. The highest BCUT2D eigenvalue weighted by molar-refractivity contribution is 5.98. The smallest absolute Gasteiger partial charge is 0.309 e. The van der Waals surface area contributed by atoms with Crippen LogP contribution in [0.25, 0.3) is 0 Å². The molecule has 0 atom stereocenters. The van der Waals surface area contributed by atoms with E-state index in [2.05, 4.69) is 0 Å². The summed E-state index contributed by atoms with van der Waals surface area (Å²) in [6, 6.07) is 5.34. The molecule has 1 aromatic rings. The maximum absolute atomic E-state index is 12.9. The Balaban J connectivity index is 1.37. The van der Waals surface area contributed by atoms with Crippen molar-refractivity contribution in [2.45, 2.75) is 32.1 Å². The molecule has 4 aliphatic rings. The normalized spacial score (nSPS) is 34.4. The minimum Gasteiger partial charge on any atom is -0.457 e. The van der Waals surface area contributed by atoms with Crippen molar-refractivity contribution in [2.24, 2.45) is 29.6 Å². The van der Waals surface area contributed by atoms with Crippen molar-refractivity contribution in [1.82, 2.24) is 0 Å². The molecule has 4 fully saturated rings. The van der Waals surface area contributed by atoms with Crippen LogP contribution in [0.5, 0.6) is 0 Å². The van der Waals surface area contributed by atoms with Crippen LogP contribution in [0.2, 0.25) is 0 Å². The van der Waals surface area contributed by atoms with Gasteiger partial charge in [0.1, 0.15) is 5.82 Å². The monoisotopic (exact) mass is 316 g/mol. The number of ether oxygens (including phenoxy) is 1. The van der Waals surface area contributed by atoms with Crippen LogP contribution in [0.1, 0.15) is 42.5 Å². The fraction of sp³-hybridized carbons (Fsp3) is 0.579. The van der Waals surface area contributed by atoms with Crippen LogP contribution < -0.4 is 0 Å². The number of carbonyl (C=O) groups excluding carboxylic acids is 2. The lowest BCUT2D eigenvalue weighted by molar-refractivity contribution is -0.161. The third-order valence-electron chi connectivity index (χ3n) is 6.01. The van der Waals surface area contributed by atoms with Gasteiger partial charge in [0.15, 0.2) is 12.4 Å². The van der Waals surface area contributed by atoms with Gasteiger partial charge >= 0.3 is 5.97 Å². The zero-order chi connectivity index (χ0) is 16.0. The predicted octanol–water partition coefficient (Wildman–Crippen LogP) is 3.62. The Morgan fingerprint density at radius 1 is 0.957 bits per heavy atom. The van der Waals surface area contributed by atoms with Crippen LogP contribution >= 0.6 is 0 Å². The van der Waals surface area contributed by atoms with Crippen molar-refractivity contribution in [3.05, 3.63) is 35.6 Å². The van der Waals surface area contributed by atoms with Gasteiger partial charge in [-0.3, -0.25) is 9.59 Å². The Bertz CT molecular complexity index is 594. The van der Waals surface area contributed by atoms with Crippen molar-refractivity contribution in [3.63, 3.8) is 0 Å². The van der Waals surface area contributed by atoms with Crippen molar-refractivity contribution in [1.29, 1.82) is 0 Å². The number of Topliss-reactive ketones (excluding diaryl/α,β-unsaturated/α-hetero) is 1. The molecule has 0 spiro atoms. The summed E-state index contributed by atoms with van der Waals surface area (Å²) in [5.41, 5.74) is 0.379. The van der Waals surface area contributed by atoms with E-state index in [-0.39, 0.29) is 30.1 Å². The lowest BCUT2D eigenvalue weighted by atomic mass is 9.52. The highest BCUT2D eigenvalue weighted by Gasteiger charge is 2.51. The Labute approximate surface area is 135 Å². The quantitative estimate of drug-likeness (QED) is 0.629. The first-order valence-electron chi connectivity index (χ1n) is 8.55. The minimum atomic E-state index is -0.382. The Kier molecular flexibility index (Phi) is 3.70. The molecule has 0 N–H and O–H groups in total. The van der Waals surface area contributed by atoms with E-state index in [0.717, 1.165) is 37.5 Å². The van der Waals surface area contributed by atoms with Gasteiger partial charge in [0, 0.05) is 5.56 Å². The second kappa shape index (κ2) is 5.73. The molecular formula is C19H21FO3. The predicted molar refractivity (Wildman–Crippen MR) is 82.2 cm³/mol. The van der Waals surface area contributed by atoms with Gasteiger partial charge in [0.05, 0.1) is 5.92 Å². The summed E-state index contributed by atoms with van der Waals surface area (Å²) in [7, 11) is 0. The lowest BCUT2D eigenvalue weighted by Crippen LogP contribution is -2.48. The zero-order valence-corrected chi connectivity index (χ0v) is 13.0. The molecule has 0 aromatic heterocycles. The highest BCUT2D eigenvalue weighted by Crippen LogP contribution is 2.56. The van der Waals surface area contributed by atoms with Crippen LogP contribution in [-0.2, 0) is 9.53 Å². The molecule has 3 nitrogen and oxygen atoms in total. The third kappa shape index (κ3) is 2.79. The SMILES string of the molecule is O=C(COC(=O)C1C2CC3CC(C2)CC1C3)c1ccc(F)cc1. The number of carbonyl (C=O) groups is 2. The molecule has 122 valence electrons. The van der Waals surface area contributed by atoms with Crippen molar-refractivity contribution in [3.8, 4) is 0 Å². The van der Waals surface area contributed by atoms with Gasteiger partial charge in [-0.25, -0.2) is 4.39 Å². The van der Waals surface area contributed by atoms with E-state index in [0.29, 0.717) is 17.4 Å². The topological polar surface area (TPSA) is 43.4 Å². The number of halogens is 1. The van der Waals surface area contributed by atoms with E-state index < -0.39 is 0 Å². The van der Waals surface area contributed by atoms with E-state index in [1.165, 1.54) is 30.7 Å². The molecule has 4 saturated carbocycles. The van der Waals surface area contributed by atoms with E-state index in [1.807, 2.05) is 0 Å². The molecule has 23 heavy (non-hydrogen) atoms. The van der Waals surface area contributed by atoms with Crippen LogP contribution in [0.15, 0.2) is 24.3 Å². The fourth-order valence-corrected chi connectivity index (χ4v) is 5.26. The van der Waals surface area contributed by atoms with Crippen LogP contribution in [0.3, 0.4) is 0 Å². The molecule has 0 unspecified atom stereocenters. The molecule has 4 heteroatoms. The average molecular weight is 316 g/mol. The molecule has 0 radical (unpaired) electrons. The van der Waals surface area contributed by atoms with E-state index in [4.69, 9.17) is 4.74 Å². The van der Waals surface area contributed by atoms with E-state index in [1.54, 1.807) is 0 Å². The van der Waals surface area contributed by atoms with Gasteiger partial charge < -0.3 is 4.74 Å². The van der Waals surface area contributed by atoms with Crippen LogP contribution in [-0.4, -0.2) is 18.4 Å². The van der Waals surface area contributed by atoms with Gasteiger partial charge in [-0.15, -0.1) is 0 Å². The number of rotatable bonds is 4. The summed E-state index contributed by atoms with van der Waals surface area (Å²) in [5.74, 6) is 1.66. The number of hydrogen-bond acceptors (Lipinski definition) is 3. The molecule has 1 aromatic carbocycles. The summed E-state index contributed by atoms with van der Waals surface area (Å²) in [6.07, 6.45) is 5.95. The molecule has 5 rings (SSSR count). The molecule has 4 bridgehead atoms. The van der Waals surface area contributed by atoms with Crippen molar-refractivity contribution in [2.75, 3.05) is 6.61 Å². The average Bonchev–Trinajstić information content (AvgIpc) is 2.52. The van der Waals surface area contributed by atoms with Gasteiger partial charge in [-0.05, 0) is 80.0 Å². The molecule has 4 aliphatic carbocycles. The minimum absolute atomic E-state index is 0.0104. The third-order valence-corrected chi connectivity index (χ3v) is 6.01. The van der Waals surface area contributed by atoms with E-state index in [9.17, 15) is 14.0 Å². The molecule has 0 amide bonds. The van der Waals surface area contributed by atoms with Crippen molar-refractivity contribution >= 4 is 11.8 Å². The molecule has 0 saturated heterocycles. The Morgan fingerprint density at radius 3 is 2.09 bits per heavy atom. The second-order valence-corrected chi connectivity index (χ2v) is 7.49. The van der Waals surface area contributed by atoms with Gasteiger partial charge in [-0.2, -0.15) is 0 Å². The van der Waals surface area contributed by atoms with Crippen LogP contribution in [0.4, 0.5) is 4.39 Å². The maximum atomic E-state index is 12.9. The molecule has 0 heterocycles. The number of hydrogen-bond donors (Lipinski definition) is 0. The maximum Gasteiger partial charge on any atom is 0.309 e. The Morgan fingerprint density at radius 2 is 1.52 bits per heavy atom. The molecular weight excluding hydrogens is 295 g/mol. The summed E-state index contributed by atoms with van der Waals surface area (Å²) >= 11 is 0.